The minimum Gasteiger partial charge on any atom is -0.382 e. The van der Waals surface area contributed by atoms with Crippen LogP contribution in [0.3, 0.4) is 0 Å². The molecule has 1 saturated heterocycles. The van der Waals surface area contributed by atoms with Crippen LogP contribution in [0, 0.1) is 5.92 Å². The van der Waals surface area contributed by atoms with E-state index in [0.717, 1.165) is 6.42 Å². The molecule has 3 heterocycles. The lowest BCUT2D eigenvalue weighted by Gasteiger charge is -2.15. The number of nitrogen functional groups attached to an aromatic ring is 1. The van der Waals surface area contributed by atoms with Gasteiger partial charge in [0.05, 0.1) is 12.4 Å². The topological polar surface area (TPSA) is 78.9 Å². The molecule has 3 rings (SSSR count). The SMILES string of the molecule is CC[C@H]1O[C@@H](n2cnc3c(N)ncnc32)[C@H](F)[C@@H]1C. The van der Waals surface area contributed by atoms with Crippen molar-refractivity contribution in [1.29, 1.82) is 0 Å². The molecule has 0 spiro atoms. The van der Waals surface area contributed by atoms with Gasteiger partial charge in [-0.3, -0.25) is 4.57 Å². The molecule has 0 aromatic carbocycles. The van der Waals surface area contributed by atoms with E-state index in [2.05, 4.69) is 15.0 Å². The summed E-state index contributed by atoms with van der Waals surface area (Å²) in [6, 6.07) is 0. The van der Waals surface area contributed by atoms with Crippen molar-refractivity contribution in [2.75, 3.05) is 5.73 Å². The molecular weight excluding hydrogens is 249 g/mol. The van der Waals surface area contributed by atoms with Gasteiger partial charge in [0.2, 0.25) is 0 Å². The fourth-order valence-electron chi connectivity index (χ4n) is 2.59. The van der Waals surface area contributed by atoms with Gasteiger partial charge in [0.1, 0.15) is 11.8 Å². The molecule has 2 N–H and O–H groups in total. The molecule has 2 aromatic rings. The van der Waals surface area contributed by atoms with Gasteiger partial charge in [-0.2, -0.15) is 0 Å². The van der Waals surface area contributed by atoms with Crippen LogP contribution in [0.25, 0.3) is 11.2 Å². The van der Waals surface area contributed by atoms with Crippen LogP contribution in [-0.2, 0) is 4.74 Å². The van der Waals surface area contributed by atoms with E-state index in [-0.39, 0.29) is 17.8 Å². The molecule has 1 aliphatic rings. The van der Waals surface area contributed by atoms with E-state index in [1.807, 2.05) is 13.8 Å². The van der Waals surface area contributed by atoms with Gasteiger partial charge in [-0.15, -0.1) is 0 Å². The maximum absolute atomic E-state index is 14.4. The van der Waals surface area contributed by atoms with Crippen molar-refractivity contribution in [2.45, 2.75) is 38.8 Å². The first kappa shape index (κ1) is 12.3. The van der Waals surface area contributed by atoms with E-state index >= 15 is 0 Å². The van der Waals surface area contributed by atoms with Crippen molar-refractivity contribution in [2.24, 2.45) is 5.92 Å². The average Bonchev–Trinajstić information content (AvgIpc) is 2.94. The van der Waals surface area contributed by atoms with Crippen LogP contribution >= 0.6 is 0 Å². The third-order valence-corrected chi connectivity index (χ3v) is 3.74. The van der Waals surface area contributed by atoms with Crippen LogP contribution in [0.5, 0.6) is 0 Å². The molecule has 0 amide bonds. The van der Waals surface area contributed by atoms with Crippen LogP contribution in [0.1, 0.15) is 26.5 Å². The largest absolute Gasteiger partial charge is 0.382 e. The maximum atomic E-state index is 14.4. The third kappa shape index (κ3) is 1.76. The molecule has 0 unspecified atom stereocenters. The van der Waals surface area contributed by atoms with Gasteiger partial charge in [-0.25, -0.2) is 19.3 Å². The lowest BCUT2D eigenvalue weighted by atomic mass is 10.00. The van der Waals surface area contributed by atoms with E-state index in [9.17, 15) is 4.39 Å². The van der Waals surface area contributed by atoms with Crippen molar-refractivity contribution in [3.05, 3.63) is 12.7 Å². The number of hydrogen-bond donors (Lipinski definition) is 1. The summed E-state index contributed by atoms with van der Waals surface area (Å²) >= 11 is 0. The zero-order valence-corrected chi connectivity index (χ0v) is 10.8. The van der Waals surface area contributed by atoms with Crippen LogP contribution < -0.4 is 5.73 Å². The Morgan fingerprint density at radius 3 is 2.89 bits per heavy atom. The lowest BCUT2D eigenvalue weighted by molar-refractivity contribution is -0.0186. The Bertz CT molecular complexity index is 601. The third-order valence-electron chi connectivity index (χ3n) is 3.74. The monoisotopic (exact) mass is 265 g/mol. The minimum absolute atomic E-state index is 0.0864. The highest BCUT2D eigenvalue weighted by molar-refractivity contribution is 5.81. The van der Waals surface area contributed by atoms with E-state index in [1.165, 1.54) is 12.7 Å². The number of nitrogens with two attached hydrogens (primary N) is 1. The maximum Gasteiger partial charge on any atom is 0.168 e. The molecule has 1 fully saturated rings. The second-order valence-electron chi connectivity index (χ2n) is 4.86. The summed E-state index contributed by atoms with van der Waals surface area (Å²) in [6.07, 6.45) is 1.77. The highest BCUT2D eigenvalue weighted by Crippen LogP contribution is 2.38. The van der Waals surface area contributed by atoms with Crippen molar-refractivity contribution in [3.63, 3.8) is 0 Å². The molecule has 0 saturated carbocycles. The predicted octanol–water partition coefficient (Wildman–Crippen LogP) is 1.69. The van der Waals surface area contributed by atoms with Crippen molar-refractivity contribution in [3.8, 4) is 0 Å². The fourth-order valence-corrected chi connectivity index (χ4v) is 2.59. The number of hydrogen-bond acceptors (Lipinski definition) is 5. The summed E-state index contributed by atoms with van der Waals surface area (Å²) < 4.78 is 21.7. The highest BCUT2D eigenvalue weighted by atomic mass is 19.1. The van der Waals surface area contributed by atoms with Crippen LogP contribution in [0.15, 0.2) is 12.7 Å². The first-order chi connectivity index (χ1) is 9.13. The van der Waals surface area contributed by atoms with Gasteiger partial charge < -0.3 is 10.5 Å². The molecule has 0 bridgehead atoms. The Balaban J connectivity index is 2.04. The molecular formula is C12H16FN5O. The highest BCUT2D eigenvalue weighted by Gasteiger charge is 2.43. The number of anilines is 1. The van der Waals surface area contributed by atoms with Gasteiger partial charge in [0, 0.05) is 5.92 Å². The summed E-state index contributed by atoms with van der Waals surface area (Å²) in [6.45, 7) is 3.85. The summed E-state index contributed by atoms with van der Waals surface area (Å²) in [5.41, 5.74) is 6.70. The molecule has 4 atom stereocenters. The Hall–Kier alpha value is -1.76. The standard InChI is InChI=1S/C12H16FN5O/c1-3-7-6(2)8(13)12(19-7)18-5-17-9-10(14)15-4-16-11(9)18/h4-8,12H,3H2,1-2H3,(H2,14,15,16)/t6-,7-,8-,12-/m1/s1. The molecule has 6 nitrogen and oxygen atoms in total. The molecule has 19 heavy (non-hydrogen) atoms. The van der Waals surface area contributed by atoms with Crippen molar-refractivity contribution < 1.29 is 9.13 Å². The van der Waals surface area contributed by atoms with Crippen molar-refractivity contribution >= 4 is 17.0 Å². The molecule has 1 aliphatic heterocycles. The second kappa shape index (κ2) is 4.41. The van der Waals surface area contributed by atoms with Gasteiger partial charge in [0.25, 0.3) is 0 Å². The molecule has 102 valence electrons. The van der Waals surface area contributed by atoms with Crippen LogP contribution in [0.2, 0.25) is 0 Å². The minimum atomic E-state index is -1.08. The Kier molecular flexibility index (Phi) is 2.85. The van der Waals surface area contributed by atoms with Gasteiger partial charge >= 0.3 is 0 Å². The molecule has 7 heteroatoms. The number of alkyl halides is 1. The Morgan fingerprint density at radius 1 is 1.42 bits per heavy atom. The van der Waals surface area contributed by atoms with E-state index < -0.39 is 12.4 Å². The number of halogens is 1. The molecule has 2 aromatic heterocycles. The number of nitrogens with zero attached hydrogens (tertiary/aromatic N) is 4. The van der Waals surface area contributed by atoms with Gasteiger partial charge in [-0.1, -0.05) is 13.8 Å². The number of aromatic nitrogens is 4. The Morgan fingerprint density at radius 2 is 2.21 bits per heavy atom. The fraction of sp³-hybridized carbons (Fsp3) is 0.583. The smallest absolute Gasteiger partial charge is 0.168 e. The van der Waals surface area contributed by atoms with E-state index in [1.54, 1.807) is 4.57 Å². The quantitative estimate of drug-likeness (QED) is 0.893. The summed E-state index contributed by atoms with van der Waals surface area (Å²) in [5.74, 6) is 0.142. The molecule has 0 radical (unpaired) electrons. The number of rotatable bonds is 2. The normalized spacial score (nSPS) is 31.1. The van der Waals surface area contributed by atoms with Gasteiger partial charge in [-0.05, 0) is 6.42 Å². The number of imidazole rings is 1. The summed E-state index contributed by atoms with van der Waals surface area (Å²) in [5, 5.41) is 0. The zero-order valence-electron chi connectivity index (χ0n) is 10.8. The summed E-state index contributed by atoms with van der Waals surface area (Å²) in [4.78, 5) is 12.1. The van der Waals surface area contributed by atoms with Crippen LogP contribution in [0.4, 0.5) is 10.2 Å². The second-order valence-corrected chi connectivity index (χ2v) is 4.86. The van der Waals surface area contributed by atoms with Crippen LogP contribution in [-0.4, -0.2) is 31.8 Å². The first-order valence-electron chi connectivity index (χ1n) is 6.36. The summed E-state index contributed by atoms with van der Waals surface area (Å²) in [7, 11) is 0. The van der Waals surface area contributed by atoms with E-state index in [0.29, 0.717) is 11.2 Å². The predicted molar refractivity (Wildman–Crippen MR) is 68.0 cm³/mol. The lowest BCUT2D eigenvalue weighted by Crippen LogP contribution is -2.19. The molecule has 0 aliphatic carbocycles. The van der Waals surface area contributed by atoms with Crippen molar-refractivity contribution in [1.82, 2.24) is 19.5 Å². The number of ether oxygens (including phenoxy) is 1. The van der Waals surface area contributed by atoms with Gasteiger partial charge in [0.15, 0.2) is 23.9 Å². The van der Waals surface area contributed by atoms with E-state index in [4.69, 9.17) is 10.5 Å². The number of fused-ring (bicyclic) bond motifs is 1. The zero-order chi connectivity index (χ0) is 13.6. The average molecular weight is 265 g/mol. The Labute approximate surface area is 109 Å². The first-order valence-corrected chi connectivity index (χ1v) is 6.36.